The summed E-state index contributed by atoms with van der Waals surface area (Å²) in [5.74, 6) is 0. The van der Waals surface area contributed by atoms with E-state index < -0.39 is 0 Å². The first-order valence-corrected chi connectivity index (χ1v) is 13.6. The molecule has 0 N–H and O–H groups in total. The molecule has 8 rings (SSSR count). The standard InChI is InChI=1S/C38H20N2O2/c39-21-24-8-1-2-9-26(24)25-19-30(23-16-17-36-32(18-23)27-10-3-5-13-34(27)41-36)33(22-40)31(20-25)28-12-7-15-37-38(28)29-11-4-6-14-35(29)42-37/h1-20H. The van der Waals surface area contributed by atoms with E-state index in [1.807, 2.05) is 115 Å². The minimum absolute atomic E-state index is 0.554. The molecule has 0 spiro atoms. The monoisotopic (exact) mass is 536 g/mol. The fraction of sp³-hybridized carbons (Fsp3) is 0. The molecule has 0 bridgehead atoms. The number of fused-ring (bicyclic) bond motifs is 6. The van der Waals surface area contributed by atoms with Gasteiger partial charge in [-0.3, -0.25) is 0 Å². The molecule has 0 fully saturated rings. The van der Waals surface area contributed by atoms with Crippen LogP contribution in [0.2, 0.25) is 0 Å². The van der Waals surface area contributed by atoms with Crippen LogP contribution in [0.4, 0.5) is 0 Å². The van der Waals surface area contributed by atoms with E-state index in [9.17, 15) is 10.5 Å². The third-order valence-corrected chi connectivity index (χ3v) is 7.99. The molecule has 0 radical (unpaired) electrons. The largest absolute Gasteiger partial charge is 0.456 e. The number of furan rings is 2. The molecule has 0 aliphatic carbocycles. The molecule has 0 saturated heterocycles. The predicted molar refractivity (Wildman–Crippen MR) is 167 cm³/mol. The zero-order valence-corrected chi connectivity index (χ0v) is 22.3. The van der Waals surface area contributed by atoms with Crippen LogP contribution in [0.5, 0.6) is 0 Å². The van der Waals surface area contributed by atoms with Gasteiger partial charge >= 0.3 is 0 Å². The van der Waals surface area contributed by atoms with Crippen molar-refractivity contribution >= 4 is 43.9 Å². The summed E-state index contributed by atoms with van der Waals surface area (Å²) in [6.07, 6.45) is 0. The second kappa shape index (κ2) is 9.24. The first-order valence-electron chi connectivity index (χ1n) is 13.6. The van der Waals surface area contributed by atoms with E-state index in [1.54, 1.807) is 0 Å². The van der Waals surface area contributed by atoms with E-state index >= 15 is 0 Å². The number of rotatable bonds is 3. The molecule has 4 nitrogen and oxygen atoms in total. The van der Waals surface area contributed by atoms with Gasteiger partial charge in [0.05, 0.1) is 17.2 Å². The van der Waals surface area contributed by atoms with Crippen molar-refractivity contribution in [3.63, 3.8) is 0 Å². The van der Waals surface area contributed by atoms with Crippen molar-refractivity contribution in [1.29, 1.82) is 10.5 Å². The van der Waals surface area contributed by atoms with Crippen molar-refractivity contribution in [2.45, 2.75) is 0 Å². The Bertz CT molecular complexity index is 2450. The molecule has 194 valence electrons. The van der Waals surface area contributed by atoms with Gasteiger partial charge in [-0.15, -0.1) is 0 Å². The molecule has 0 atom stereocenters. The second-order valence-corrected chi connectivity index (χ2v) is 10.3. The minimum Gasteiger partial charge on any atom is -0.456 e. The normalized spacial score (nSPS) is 11.3. The van der Waals surface area contributed by atoms with Crippen LogP contribution >= 0.6 is 0 Å². The van der Waals surface area contributed by atoms with Crippen molar-refractivity contribution in [2.75, 3.05) is 0 Å². The van der Waals surface area contributed by atoms with Gasteiger partial charge in [-0.2, -0.15) is 10.5 Å². The molecule has 6 aromatic carbocycles. The highest BCUT2D eigenvalue weighted by Gasteiger charge is 2.21. The smallest absolute Gasteiger partial charge is 0.136 e. The summed E-state index contributed by atoms with van der Waals surface area (Å²) < 4.78 is 12.3. The Morgan fingerprint density at radius 3 is 1.90 bits per heavy atom. The molecule has 0 saturated carbocycles. The van der Waals surface area contributed by atoms with Crippen LogP contribution in [0.3, 0.4) is 0 Å². The number of benzene rings is 6. The average molecular weight is 537 g/mol. The molecule has 0 unspecified atom stereocenters. The van der Waals surface area contributed by atoms with Gasteiger partial charge in [0.1, 0.15) is 28.4 Å². The minimum atomic E-state index is 0.554. The van der Waals surface area contributed by atoms with Gasteiger partial charge in [0.25, 0.3) is 0 Å². The third kappa shape index (κ3) is 3.53. The summed E-state index contributed by atoms with van der Waals surface area (Å²) in [5, 5.41) is 24.6. The highest BCUT2D eigenvalue weighted by Crippen LogP contribution is 2.43. The average Bonchev–Trinajstić information content (AvgIpc) is 3.62. The maximum atomic E-state index is 10.7. The zero-order valence-electron chi connectivity index (χ0n) is 22.3. The van der Waals surface area contributed by atoms with E-state index in [-0.39, 0.29) is 0 Å². The predicted octanol–water partition coefficient (Wildman–Crippen LogP) is 10.2. The molecule has 42 heavy (non-hydrogen) atoms. The zero-order chi connectivity index (χ0) is 28.2. The SMILES string of the molecule is N#Cc1ccccc1-c1cc(-c2ccc3oc4ccccc4c3c2)c(C#N)c(-c2cccc3oc4ccccc4c23)c1. The van der Waals surface area contributed by atoms with Gasteiger partial charge in [-0.1, -0.05) is 72.8 Å². The van der Waals surface area contributed by atoms with Gasteiger partial charge in [0.15, 0.2) is 0 Å². The number of para-hydroxylation sites is 2. The Kier molecular flexibility index (Phi) is 5.22. The lowest BCUT2D eigenvalue weighted by molar-refractivity contribution is 0.668. The lowest BCUT2D eigenvalue weighted by Gasteiger charge is -2.16. The van der Waals surface area contributed by atoms with Crippen molar-refractivity contribution in [3.05, 3.63) is 132 Å². The number of nitrogens with zero attached hydrogens (tertiary/aromatic N) is 2. The molecule has 8 aromatic rings. The van der Waals surface area contributed by atoms with Gasteiger partial charge in [-0.25, -0.2) is 0 Å². The second-order valence-electron chi connectivity index (χ2n) is 10.3. The number of nitriles is 2. The summed E-state index contributed by atoms with van der Waals surface area (Å²) in [5.41, 5.74) is 9.33. The molecular weight excluding hydrogens is 516 g/mol. The van der Waals surface area contributed by atoms with Crippen LogP contribution in [0, 0.1) is 22.7 Å². The summed E-state index contributed by atoms with van der Waals surface area (Å²) in [6, 6.07) is 44.4. The maximum Gasteiger partial charge on any atom is 0.136 e. The third-order valence-electron chi connectivity index (χ3n) is 7.99. The van der Waals surface area contributed by atoms with Crippen molar-refractivity contribution in [3.8, 4) is 45.5 Å². The fourth-order valence-electron chi connectivity index (χ4n) is 6.08. The van der Waals surface area contributed by atoms with Gasteiger partial charge in [-0.05, 0) is 70.8 Å². The Balaban J connectivity index is 1.48. The molecule has 4 heteroatoms. The maximum absolute atomic E-state index is 10.7. The van der Waals surface area contributed by atoms with Gasteiger partial charge in [0, 0.05) is 32.7 Å². The number of hydrogen-bond acceptors (Lipinski definition) is 4. The van der Waals surface area contributed by atoms with Crippen molar-refractivity contribution in [2.24, 2.45) is 0 Å². The van der Waals surface area contributed by atoms with Crippen LogP contribution < -0.4 is 0 Å². The first-order chi connectivity index (χ1) is 20.7. The fourth-order valence-corrected chi connectivity index (χ4v) is 6.08. The van der Waals surface area contributed by atoms with Crippen LogP contribution in [0.15, 0.2) is 130 Å². The van der Waals surface area contributed by atoms with Crippen LogP contribution in [0.1, 0.15) is 11.1 Å². The van der Waals surface area contributed by atoms with Crippen LogP contribution in [-0.2, 0) is 0 Å². The van der Waals surface area contributed by atoms with E-state index in [0.29, 0.717) is 11.1 Å². The molecule has 0 amide bonds. The Morgan fingerprint density at radius 1 is 0.429 bits per heavy atom. The molecule has 2 heterocycles. The van der Waals surface area contributed by atoms with Crippen LogP contribution in [-0.4, -0.2) is 0 Å². The summed E-state index contributed by atoms with van der Waals surface area (Å²) in [6.45, 7) is 0. The summed E-state index contributed by atoms with van der Waals surface area (Å²) >= 11 is 0. The van der Waals surface area contributed by atoms with E-state index in [4.69, 9.17) is 8.83 Å². The topological polar surface area (TPSA) is 73.9 Å². The quantitative estimate of drug-likeness (QED) is 0.225. The highest BCUT2D eigenvalue weighted by molar-refractivity contribution is 6.13. The Hall–Kier alpha value is -6.10. The van der Waals surface area contributed by atoms with E-state index in [1.165, 1.54) is 0 Å². The Labute approximate surface area is 240 Å². The highest BCUT2D eigenvalue weighted by atomic mass is 16.3. The van der Waals surface area contributed by atoms with Crippen molar-refractivity contribution in [1.82, 2.24) is 0 Å². The molecule has 0 aliphatic rings. The molecule has 2 aromatic heterocycles. The summed E-state index contributed by atoms with van der Waals surface area (Å²) in [7, 11) is 0. The lowest BCUT2D eigenvalue weighted by atomic mass is 9.86. The molecular formula is C38H20N2O2. The van der Waals surface area contributed by atoms with Gasteiger partial charge < -0.3 is 8.83 Å². The first kappa shape index (κ1) is 23.8. The van der Waals surface area contributed by atoms with E-state index in [2.05, 4.69) is 18.2 Å². The van der Waals surface area contributed by atoms with E-state index in [0.717, 1.165) is 77.3 Å². The summed E-state index contributed by atoms with van der Waals surface area (Å²) in [4.78, 5) is 0. The number of hydrogen-bond donors (Lipinski definition) is 0. The van der Waals surface area contributed by atoms with Gasteiger partial charge in [0.2, 0.25) is 0 Å². The van der Waals surface area contributed by atoms with Crippen molar-refractivity contribution < 1.29 is 8.83 Å². The Morgan fingerprint density at radius 2 is 1.07 bits per heavy atom. The lowest BCUT2D eigenvalue weighted by Crippen LogP contribution is -1.94. The van der Waals surface area contributed by atoms with Crippen LogP contribution in [0.25, 0.3) is 77.3 Å². The molecule has 0 aliphatic heterocycles.